The molecule has 1 aliphatic heterocycles. The SMILES string of the molecule is Cc1ccc(C(=O)O)cc1S(=O)(=O)N1CC([C@@H](C)O)C1. The fourth-order valence-electron chi connectivity index (χ4n) is 2.12. The Morgan fingerprint density at radius 2 is 2.00 bits per heavy atom. The van der Waals surface area contributed by atoms with Gasteiger partial charge in [-0.1, -0.05) is 6.07 Å². The Bertz CT molecular complexity index is 632. The zero-order chi connectivity index (χ0) is 15.1. The number of hydrogen-bond donors (Lipinski definition) is 2. The summed E-state index contributed by atoms with van der Waals surface area (Å²) in [4.78, 5) is 11.0. The summed E-state index contributed by atoms with van der Waals surface area (Å²) >= 11 is 0. The van der Waals surface area contributed by atoms with Crippen LogP contribution in [0.5, 0.6) is 0 Å². The van der Waals surface area contributed by atoms with Crippen LogP contribution in [0.1, 0.15) is 22.8 Å². The molecule has 1 aromatic rings. The molecule has 110 valence electrons. The van der Waals surface area contributed by atoms with Gasteiger partial charge in [0.25, 0.3) is 0 Å². The predicted octanol–water partition coefficient (Wildman–Crippen LogP) is 0.695. The molecule has 6 nitrogen and oxygen atoms in total. The van der Waals surface area contributed by atoms with Gasteiger partial charge in [-0.2, -0.15) is 4.31 Å². The Morgan fingerprint density at radius 3 is 2.50 bits per heavy atom. The molecule has 1 fully saturated rings. The Kier molecular flexibility index (Phi) is 3.86. The van der Waals surface area contributed by atoms with Gasteiger partial charge >= 0.3 is 5.97 Å². The highest BCUT2D eigenvalue weighted by Crippen LogP contribution is 2.29. The summed E-state index contributed by atoms with van der Waals surface area (Å²) in [6, 6.07) is 4.05. The molecule has 20 heavy (non-hydrogen) atoms. The van der Waals surface area contributed by atoms with Crippen molar-refractivity contribution in [2.24, 2.45) is 5.92 Å². The molecular weight excluding hydrogens is 282 g/mol. The van der Waals surface area contributed by atoms with Crippen LogP contribution >= 0.6 is 0 Å². The van der Waals surface area contributed by atoms with Crippen LogP contribution in [-0.4, -0.2) is 48.1 Å². The van der Waals surface area contributed by atoms with E-state index in [-0.39, 0.29) is 29.5 Å². The van der Waals surface area contributed by atoms with Gasteiger partial charge in [0.05, 0.1) is 16.6 Å². The number of benzene rings is 1. The van der Waals surface area contributed by atoms with Crippen LogP contribution in [0.15, 0.2) is 23.1 Å². The van der Waals surface area contributed by atoms with Crippen molar-refractivity contribution in [3.63, 3.8) is 0 Å². The molecule has 1 saturated heterocycles. The van der Waals surface area contributed by atoms with Gasteiger partial charge in [-0.25, -0.2) is 13.2 Å². The van der Waals surface area contributed by atoms with Crippen molar-refractivity contribution in [3.8, 4) is 0 Å². The number of carboxylic acids is 1. The lowest BCUT2D eigenvalue weighted by atomic mass is 9.98. The summed E-state index contributed by atoms with van der Waals surface area (Å²) in [7, 11) is -3.70. The molecule has 1 aromatic carbocycles. The molecule has 1 heterocycles. The van der Waals surface area contributed by atoms with E-state index >= 15 is 0 Å². The van der Waals surface area contributed by atoms with Gasteiger partial charge < -0.3 is 10.2 Å². The Hall–Kier alpha value is -1.44. The van der Waals surface area contributed by atoms with Crippen molar-refractivity contribution in [1.29, 1.82) is 0 Å². The maximum atomic E-state index is 12.4. The average Bonchev–Trinajstić information content (AvgIpc) is 2.25. The lowest BCUT2D eigenvalue weighted by molar-refractivity contribution is 0.0499. The highest BCUT2D eigenvalue weighted by molar-refractivity contribution is 7.89. The zero-order valence-electron chi connectivity index (χ0n) is 11.3. The summed E-state index contributed by atoms with van der Waals surface area (Å²) in [5.74, 6) is -1.22. The molecule has 0 spiro atoms. The van der Waals surface area contributed by atoms with Gasteiger partial charge in [0.1, 0.15) is 0 Å². The summed E-state index contributed by atoms with van der Waals surface area (Å²) in [5, 5.41) is 18.3. The number of rotatable bonds is 4. The van der Waals surface area contributed by atoms with E-state index in [4.69, 9.17) is 5.11 Å². The molecule has 2 rings (SSSR count). The van der Waals surface area contributed by atoms with Gasteiger partial charge in [-0.15, -0.1) is 0 Å². The second-order valence-electron chi connectivity index (χ2n) is 5.11. The van der Waals surface area contributed by atoms with E-state index in [1.54, 1.807) is 13.8 Å². The van der Waals surface area contributed by atoms with Crippen molar-refractivity contribution >= 4 is 16.0 Å². The molecule has 1 atom stereocenters. The van der Waals surface area contributed by atoms with Crippen molar-refractivity contribution < 1.29 is 23.4 Å². The van der Waals surface area contributed by atoms with E-state index in [2.05, 4.69) is 0 Å². The Morgan fingerprint density at radius 1 is 1.40 bits per heavy atom. The van der Waals surface area contributed by atoms with Crippen molar-refractivity contribution in [1.82, 2.24) is 4.31 Å². The minimum Gasteiger partial charge on any atom is -0.478 e. The zero-order valence-corrected chi connectivity index (χ0v) is 12.1. The van der Waals surface area contributed by atoms with Crippen molar-refractivity contribution in [2.75, 3.05) is 13.1 Å². The number of hydrogen-bond acceptors (Lipinski definition) is 4. The molecule has 0 radical (unpaired) electrons. The van der Waals surface area contributed by atoms with Crippen LogP contribution in [0, 0.1) is 12.8 Å². The number of sulfonamides is 1. The predicted molar refractivity (Wildman–Crippen MR) is 72.1 cm³/mol. The lowest BCUT2D eigenvalue weighted by Crippen LogP contribution is -2.53. The van der Waals surface area contributed by atoms with E-state index in [1.165, 1.54) is 22.5 Å². The Labute approximate surface area is 117 Å². The normalized spacial score (nSPS) is 18.6. The molecule has 0 bridgehead atoms. The van der Waals surface area contributed by atoms with Gasteiger partial charge in [0.15, 0.2) is 0 Å². The molecule has 0 unspecified atom stereocenters. The highest BCUT2D eigenvalue weighted by atomic mass is 32.2. The smallest absolute Gasteiger partial charge is 0.335 e. The van der Waals surface area contributed by atoms with E-state index < -0.39 is 22.1 Å². The van der Waals surface area contributed by atoms with Crippen molar-refractivity contribution in [2.45, 2.75) is 24.8 Å². The fourth-order valence-corrected chi connectivity index (χ4v) is 3.93. The van der Waals surface area contributed by atoms with Gasteiger partial charge in [0, 0.05) is 19.0 Å². The molecular formula is C13H17NO5S. The molecule has 7 heteroatoms. The summed E-state index contributed by atoms with van der Waals surface area (Å²) in [6.45, 7) is 3.78. The molecule has 1 aliphatic rings. The minimum atomic E-state index is -3.70. The van der Waals surface area contributed by atoms with Crippen LogP contribution in [0.4, 0.5) is 0 Å². The summed E-state index contributed by atoms with van der Waals surface area (Å²) in [6.07, 6.45) is -0.548. The van der Waals surface area contributed by atoms with Gasteiger partial charge in [0.2, 0.25) is 10.0 Å². The standard InChI is InChI=1S/C13H17NO5S/c1-8-3-4-10(13(16)17)5-12(8)20(18,19)14-6-11(7-14)9(2)15/h3-5,9,11,15H,6-7H2,1-2H3,(H,16,17)/t9-/m1/s1. The topological polar surface area (TPSA) is 94.9 Å². The van der Waals surface area contributed by atoms with Crippen molar-refractivity contribution in [3.05, 3.63) is 29.3 Å². The number of carbonyl (C=O) groups is 1. The summed E-state index contributed by atoms with van der Waals surface area (Å²) in [5.41, 5.74) is 0.456. The third-order valence-corrected chi connectivity index (χ3v) is 5.59. The first kappa shape index (κ1) is 15.0. The number of aryl methyl sites for hydroxylation is 1. The number of aromatic carboxylic acids is 1. The molecule has 0 aliphatic carbocycles. The second-order valence-corrected chi connectivity index (χ2v) is 7.01. The molecule has 0 saturated carbocycles. The highest BCUT2D eigenvalue weighted by Gasteiger charge is 2.39. The van der Waals surface area contributed by atoms with Crippen LogP contribution in [0.25, 0.3) is 0 Å². The Balaban J connectivity index is 2.31. The monoisotopic (exact) mass is 299 g/mol. The fraction of sp³-hybridized carbons (Fsp3) is 0.462. The van der Waals surface area contributed by atoms with Crippen LogP contribution in [0.3, 0.4) is 0 Å². The molecule has 0 aromatic heterocycles. The van der Waals surface area contributed by atoms with E-state index in [9.17, 15) is 18.3 Å². The van der Waals surface area contributed by atoms with Crippen LogP contribution in [0.2, 0.25) is 0 Å². The molecule has 2 N–H and O–H groups in total. The van der Waals surface area contributed by atoms with E-state index in [1.807, 2.05) is 0 Å². The largest absolute Gasteiger partial charge is 0.478 e. The molecule has 0 amide bonds. The minimum absolute atomic E-state index is 0.0152. The van der Waals surface area contributed by atoms with E-state index in [0.29, 0.717) is 5.56 Å². The first-order valence-electron chi connectivity index (χ1n) is 6.25. The first-order chi connectivity index (χ1) is 9.23. The van der Waals surface area contributed by atoms with Gasteiger partial charge in [-0.05, 0) is 31.5 Å². The van der Waals surface area contributed by atoms with Crippen LogP contribution in [-0.2, 0) is 10.0 Å². The second kappa shape index (κ2) is 5.16. The van der Waals surface area contributed by atoms with Crippen LogP contribution < -0.4 is 0 Å². The average molecular weight is 299 g/mol. The number of carboxylic acid groups (broad SMARTS) is 1. The third kappa shape index (κ3) is 2.56. The number of aliphatic hydroxyl groups is 1. The maximum absolute atomic E-state index is 12.4. The van der Waals surface area contributed by atoms with E-state index in [0.717, 1.165) is 0 Å². The third-order valence-electron chi connectivity index (χ3n) is 3.61. The summed E-state index contributed by atoms with van der Waals surface area (Å²) < 4.78 is 26.1. The maximum Gasteiger partial charge on any atom is 0.335 e. The number of nitrogens with zero attached hydrogens (tertiary/aromatic N) is 1. The quantitative estimate of drug-likeness (QED) is 0.853. The number of aliphatic hydroxyl groups excluding tert-OH is 1. The van der Waals surface area contributed by atoms with Gasteiger partial charge in [-0.3, -0.25) is 0 Å². The lowest BCUT2D eigenvalue weighted by Gasteiger charge is -2.39. The first-order valence-corrected chi connectivity index (χ1v) is 7.69.